The highest BCUT2D eigenvalue weighted by molar-refractivity contribution is 5.87. The molecule has 3 aromatic rings. The molecule has 0 saturated carbocycles. The lowest BCUT2D eigenvalue weighted by atomic mass is 10.0. The van der Waals surface area contributed by atoms with E-state index >= 15 is 0 Å². The molecule has 0 radical (unpaired) electrons. The van der Waals surface area contributed by atoms with E-state index < -0.39 is 0 Å². The molecule has 0 bridgehead atoms. The predicted molar refractivity (Wildman–Crippen MR) is 111 cm³/mol. The van der Waals surface area contributed by atoms with Crippen molar-refractivity contribution in [3.63, 3.8) is 0 Å². The minimum atomic E-state index is 0.341. The summed E-state index contributed by atoms with van der Waals surface area (Å²) < 4.78 is 6.14. The van der Waals surface area contributed by atoms with Crippen molar-refractivity contribution in [3.8, 4) is 5.75 Å². The maximum absolute atomic E-state index is 6.14. The number of fused-ring (bicyclic) bond motifs is 1. The van der Waals surface area contributed by atoms with Gasteiger partial charge in [-0.3, -0.25) is 0 Å². The largest absolute Gasteiger partial charge is 0.493 e. The Morgan fingerprint density at radius 1 is 0.885 bits per heavy atom. The fourth-order valence-corrected chi connectivity index (χ4v) is 3.30. The van der Waals surface area contributed by atoms with Gasteiger partial charge in [0.25, 0.3) is 0 Å². The summed E-state index contributed by atoms with van der Waals surface area (Å²) in [4.78, 5) is 0. The van der Waals surface area contributed by atoms with E-state index in [1.807, 2.05) is 0 Å². The summed E-state index contributed by atoms with van der Waals surface area (Å²) in [6.45, 7) is 8.12. The van der Waals surface area contributed by atoms with Crippen LogP contribution in [0.5, 0.6) is 5.75 Å². The van der Waals surface area contributed by atoms with E-state index in [-0.39, 0.29) is 0 Å². The number of benzene rings is 3. The van der Waals surface area contributed by atoms with Gasteiger partial charge in [0, 0.05) is 18.2 Å². The minimum Gasteiger partial charge on any atom is -0.493 e. The van der Waals surface area contributed by atoms with Crippen LogP contribution in [-0.4, -0.2) is 6.61 Å². The van der Waals surface area contributed by atoms with E-state index in [9.17, 15) is 0 Å². The Bertz CT molecular complexity index is 826. The Labute approximate surface area is 157 Å². The molecule has 136 valence electrons. The zero-order chi connectivity index (χ0) is 18.4. The standard InChI is InChI=1S/C24H29NO/c1-4-23(20-11-6-5-7-12-20)25-16-22-21-13-9-8-10-19(21)14-15-24(22)26-17-18(2)3/h5-15,18,23,25H,4,16-17H2,1-3H3. The van der Waals surface area contributed by atoms with Gasteiger partial charge in [0.05, 0.1) is 6.61 Å². The van der Waals surface area contributed by atoms with Crippen molar-refractivity contribution < 1.29 is 4.74 Å². The molecule has 0 aliphatic carbocycles. The number of rotatable bonds is 8. The van der Waals surface area contributed by atoms with E-state index in [2.05, 4.69) is 92.8 Å². The van der Waals surface area contributed by atoms with Gasteiger partial charge in [-0.2, -0.15) is 0 Å². The summed E-state index contributed by atoms with van der Waals surface area (Å²) >= 11 is 0. The van der Waals surface area contributed by atoms with Crippen molar-refractivity contribution in [2.24, 2.45) is 5.92 Å². The van der Waals surface area contributed by atoms with Crippen LogP contribution in [0, 0.1) is 5.92 Å². The SMILES string of the molecule is CCC(NCc1c(OCC(C)C)ccc2ccccc12)c1ccccc1. The molecule has 0 aliphatic heterocycles. The van der Waals surface area contributed by atoms with Crippen molar-refractivity contribution in [1.82, 2.24) is 5.32 Å². The zero-order valence-electron chi connectivity index (χ0n) is 16.0. The molecule has 3 rings (SSSR count). The molecule has 0 saturated heterocycles. The second-order valence-corrected chi connectivity index (χ2v) is 7.22. The monoisotopic (exact) mass is 347 g/mol. The molecule has 2 nitrogen and oxygen atoms in total. The molecule has 1 atom stereocenters. The van der Waals surface area contributed by atoms with Crippen molar-refractivity contribution in [2.45, 2.75) is 39.8 Å². The van der Waals surface area contributed by atoms with Crippen molar-refractivity contribution in [3.05, 3.63) is 77.9 Å². The van der Waals surface area contributed by atoms with Gasteiger partial charge in [0.15, 0.2) is 0 Å². The fraction of sp³-hybridized carbons (Fsp3) is 0.333. The van der Waals surface area contributed by atoms with E-state index in [0.29, 0.717) is 12.0 Å². The number of ether oxygens (including phenoxy) is 1. The summed E-state index contributed by atoms with van der Waals surface area (Å²) in [5.74, 6) is 1.50. The van der Waals surface area contributed by atoms with Crippen molar-refractivity contribution >= 4 is 10.8 Å². The molecule has 3 aromatic carbocycles. The lowest BCUT2D eigenvalue weighted by Gasteiger charge is -2.20. The molecule has 0 aromatic heterocycles. The van der Waals surface area contributed by atoms with Gasteiger partial charge >= 0.3 is 0 Å². The third kappa shape index (κ3) is 4.44. The Balaban J connectivity index is 1.87. The first-order chi connectivity index (χ1) is 12.7. The number of nitrogens with one attached hydrogen (secondary N) is 1. The molecule has 0 amide bonds. The first-order valence-electron chi connectivity index (χ1n) is 9.60. The van der Waals surface area contributed by atoms with E-state index in [0.717, 1.165) is 25.3 Å². The lowest BCUT2D eigenvalue weighted by molar-refractivity contribution is 0.268. The Morgan fingerprint density at radius 3 is 2.35 bits per heavy atom. The molecular weight excluding hydrogens is 318 g/mol. The van der Waals surface area contributed by atoms with Gasteiger partial charge in [-0.1, -0.05) is 81.4 Å². The first-order valence-corrected chi connectivity index (χ1v) is 9.60. The molecule has 0 spiro atoms. The highest BCUT2D eigenvalue weighted by atomic mass is 16.5. The van der Waals surface area contributed by atoms with Crippen LogP contribution in [0.4, 0.5) is 0 Å². The molecule has 1 N–H and O–H groups in total. The van der Waals surface area contributed by atoms with Gasteiger partial charge < -0.3 is 10.1 Å². The van der Waals surface area contributed by atoms with E-state index in [1.54, 1.807) is 0 Å². The number of hydrogen-bond acceptors (Lipinski definition) is 2. The fourth-order valence-electron chi connectivity index (χ4n) is 3.30. The van der Waals surface area contributed by atoms with Gasteiger partial charge in [-0.05, 0) is 34.7 Å². The highest BCUT2D eigenvalue weighted by Crippen LogP contribution is 2.29. The van der Waals surface area contributed by atoms with E-state index in [1.165, 1.54) is 21.9 Å². The van der Waals surface area contributed by atoms with Gasteiger partial charge in [-0.25, -0.2) is 0 Å². The summed E-state index contributed by atoms with van der Waals surface area (Å²) in [7, 11) is 0. The van der Waals surface area contributed by atoms with Gasteiger partial charge in [0.2, 0.25) is 0 Å². The number of hydrogen-bond donors (Lipinski definition) is 1. The topological polar surface area (TPSA) is 21.3 Å². The van der Waals surface area contributed by atoms with Crippen LogP contribution < -0.4 is 10.1 Å². The van der Waals surface area contributed by atoms with Crippen molar-refractivity contribution in [2.75, 3.05) is 6.61 Å². The second-order valence-electron chi connectivity index (χ2n) is 7.22. The lowest BCUT2D eigenvalue weighted by Crippen LogP contribution is -2.21. The average molecular weight is 348 g/mol. The summed E-state index contributed by atoms with van der Waals surface area (Å²) in [5.41, 5.74) is 2.58. The molecule has 1 unspecified atom stereocenters. The third-order valence-corrected chi connectivity index (χ3v) is 4.71. The predicted octanol–water partition coefficient (Wildman–Crippen LogP) is 6.12. The molecule has 0 heterocycles. The van der Waals surface area contributed by atoms with Crippen LogP contribution >= 0.6 is 0 Å². The summed E-state index contributed by atoms with van der Waals surface area (Å²) in [6.07, 6.45) is 1.05. The van der Waals surface area contributed by atoms with Crippen LogP contribution in [0.3, 0.4) is 0 Å². The van der Waals surface area contributed by atoms with E-state index in [4.69, 9.17) is 4.74 Å². The second kappa shape index (κ2) is 8.86. The maximum Gasteiger partial charge on any atom is 0.124 e. The molecule has 0 aliphatic rings. The minimum absolute atomic E-state index is 0.341. The van der Waals surface area contributed by atoms with Crippen LogP contribution in [0.25, 0.3) is 10.8 Å². The van der Waals surface area contributed by atoms with Crippen LogP contribution in [0.15, 0.2) is 66.7 Å². The first kappa shape index (κ1) is 18.5. The van der Waals surface area contributed by atoms with Crippen LogP contribution in [0.1, 0.15) is 44.4 Å². The maximum atomic E-state index is 6.14. The quantitative estimate of drug-likeness (QED) is 0.530. The van der Waals surface area contributed by atoms with Gasteiger partial charge in [-0.15, -0.1) is 0 Å². The summed E-state index contributed by atoms with van der Waals surface area (Å²) in [5, 5.41) is 6.27. The molecule has 0 fully saturated rings. The normalized spacial score (nSPS) is 12.5. The molecule has 2 heteroatoms. The molecule has 26 heavy (non-hydrogen) atoms. The Kier molecular flexibility index (Phi) is 6.30. The van der Waals surface area contributed by atoms with Gasteiger partial charge in [0.1, 0.15) is 5.75 Å². The van der Waals surface area contributed by atoms with Crippen LogP contribution in [-0.2, 0) is 6.54 Å². The van der Waals surface area contributed by atoms with Crippen molar-refractivity contribution in [1.29, 1.82) is 0 Å². The molecular formula is C24H29NO. The van der Waals surface area contributed by atoms with Crippen LogP contribution in [0.2, 0.25) is 0 Å². The average Bonchev–Trinajstić information content (AvgIpc) is 2.68. The Hall–Kier alpha value is -2.32. The smallest absolute Gasteiger partial charge is 0.124 e. The Morgan fingerprint density at radius 2 is 1.62 bits per heavy atom. The third-order valence-electron chi connectivity index (χ3n) is 4.71. The summed E-state index contributed by atoms with van der Waals surface area (Å²) in [6, 6.07) is 23.8. The zero-order valence-corrected chi connectivity index (χ0v) is 16.0. The highest BCUT2D eigenvalue weighted by Gasteiger charge is 2.13.